The van der Waals surface area contributed by atoms with Crippen LogP contribution in [0, 0.1) is 0 Å². The average molecular weight is 378 g/mol. The van der Waals surface area contributed by atoms with Gasteiger partial charge in [0.05, 0.1) is 5.56 Å². The first-order valence-electron chi connectivity index (χ1n) is 8.20. The summed E-state index contributed by atoms with van der Waals surface area (Å²) in [6.07, 6.45) is -4.50. The molecule has 0 fully saturated rings. The first kappa shape index (κ1) is 18.7. The zero-order valence-corrected chi connectivity index (χ0v) is 14.6. The lowest BCUT2D eigenvalue weighted by atomic mass is 10.0. The molecule has 0 spiro atoms. The van der Waals surface area contributed by atoms with Crippen molar-refractivity contribution < 1.29 is 22.8 Å². The fourth-order valence-electron chi connectivity index (χ4n) is 2.59. The van der Waals surface area contributed by atoms with Crippen LogP contribution in [0.1, 0.15) is 30.9 Å². The number of carbonyl (C=O) groups excluding carboxylic acids is 1. The number of nitrogens with zero attached hydrogens (tertiary/aromatic N) is 3. The Morgan fingerprint density at radius 3 is 2.67 bits per heavy atom. The molecule has 0 unspecified atom stereocenters. The van der Waals surface area contributed by atoms with Gasteiger partial charge in [-0.05, 0) is 41.0 Å². The van der Waals surface area contributed by atoms with Crippen molar-refractivity contribution in [2.24, 2.45) is 0 Å². The van der Waals surface area contributed by atoms with Gasteiger partial charge < -0.3 is 10.2 Å². The molecule has 27 heavy (non-hydrogen) atoms. The van der Waals surface area contributed by atoms with E-state index in [1.165, 1.54) is 6.07 Å². The minimum Gasteiger partial charge on any atom is -0.385 e. The number of rotatable bonds is 5. The minimum absolute atomic E-state index is 0.0280. The summed E-state index contributed by atoms with van der Waals surface area (Å²) in [6.45, 7) is 3.57. The number of nitrogens with one attached hydrogen (secondary N) is 1. The van der Waals surface area contributed by atoms with Crippen LogP contribution in [0.4, 0.5) is 18.9 Å². The summed E-state index contributed by atoms with van der Waals surface area (Å²) >= 11 is 0. The number of aromatic nitrogens is 3. The normalized spacial score (nSPS) is 11.8. The first-order valence-corrected chi connectivity index (χ1v) is 8.20. The van der Waals surface area contributed by atoms with Gasteiger partial charge in [-0.2, -0.15) is 13.2 Å². The van der Waals surface area contributed by atoms with Gasteiger partial charge in [0.25, 0.3) is 5.91 Å². The molecule has 1 amide bonds. The van der Waals surface area contributed by atoms with Gasteiger partial charge in [0.15, 0.2) is 6.61 Å². The Bertz CT molecular complexity index is 967. The van der Waals surface area contributed by atoms with Crippen LogP contribution in [0.25, 0.3) is 11.0 Å². The monoisotopic (exact) mass is 378 g/mol. The highest BCUT2D eigenvalue weighted by Gasteiger charge is 2.31. The second kappa shape index (κ2) is 7.26. The summed E-state index contributed by atoms with van der Waals surface area (Å²) in [7, 11) is 0. The molecular formula is C18H17F3N4O2. The third kappa shape index (κ3) is 4.18. The van der Waals surface area contributed by atoms with Crippen LogP contribution >= 0.6 is 0 Å². The number of alkyl halides is 3. The Morgan fingerprint density at radius 1 is 1.22 bits per heavy atom. The van der Waals surface area contributed by atoms with Gasteiger partial charge in [0.2, 0.25) is 0 Å². The summed E-state index contributed by atoms with van der Waals surface area (Å²) in [5, 5.41) is 10.1. The summed E-state index contributed by atoms with van der Waals surface area (Å²) in [4.78, 5) is 18.2. The van der Waals surface area contributed by atoms with E-state index in [-0.39, 0.29) is 17.0 Å². The van der Waals surface area contributed by atoms with Gasteiger partial charge in [-0.3, -0.25) is 4.79 Å². The molecule has 0 aliphatic rings. The van der Waals surface area contributed by atoms with Crippen LogP contribution in [-0.2, 0) is 11.0 Å². The number of benzene rings is 2. The molecule has 0 radical (unpaired) electrons. The average Bonchev–Trinajstić information content (AvgIpc) is 3.02. The van der Waals surface area contributed by atoms with E-state index in [1.807, 2.05) is 26.0 Å². The van der Waals surface area contributed by atoms with E-state index in [1.54, 1.807) is 12.1 Å². The maximum Gasteiger partial charge on any atom is 0.416 e. The van der Waals surface area contributed by atoms with Gasteiger partial charge >= 0.3 is 6.18 Å². The van der Waals surface area contributed by atoms with E-state index in [2.05, 4.69) is 15.6 Å². The molecule has 0 atom stereocenters. The third-order valence-electron chi connectivity index (χ3n) is 3.92. The second-order valence-corrected chi connectivity index (χ2v) is 6.23. The lowest BCUT2D eigenvalue weighted by Crippen LogP contribution is -2.26. The predicted octanol–water partition coefficient (Wildman–Crippen LogP) is 3.64. The van der Waals surface area contributed by atoms with Crippen LogP contribution in [0.15, 0.2) is 42.5 Å². The highest BCUT2D eigenvalue weighted by Crippen LogP contribution is 2.30. The second-order valence-electron chi connectivity index (χ2n) is 6.23. The zero-order valence-electron chi connectivity index (χ0n) is 14.6. The molecule has 3 rings (SSSR count). The van der Waals surface area contributed by atoms with Crippen molar-refractivity contribution in [2.75, 3.05) is 11.9 Å². The highest BCUT2D eigenvalue weighted by molar-refractivity contribution is 5.92. The Morgan fingerprint density at radius 2 is 1.96 bits per heavy atom. The molecule has 2 aromatic carbocycles. The quantitative estimate of drug-likeness (QED) is 0.736. The van der Waals surface area contributed by atoms with Crippen molar-refractivity contribution in [3.8, 4) is 0 Å². The molecule has 1 heterocycles. The number of fused-ring (bicyclic) bond motifs is 1. The molecule has 0 saturated carbocycles. The predicted molar refractivity (Wildman–Crippen MR) is 93.1 cm³/mol. The van der Waals surface area contributed by atoms with Crippen molar-refractivity contribution in [3.63, 3.8) is 0 Å². The largest absolute Gasteiger partial charge is 0.416 e. The number of para-hydroxylation sites is 1. The molecule has 6 nitrogen and oxygen atoms in total. The molecule has 142 valence electrons. The van der Waals surface area contributed by atoms with E-state index in [0.29, 0.717) is 5.69 Å². The number of carbonyl (C=O) groups is 1. The molecule has 1 aromatic heterocycles. The molecule has 1 N–H and O–H groups in total. The van der Waals surface area contributed by atoms with E-state index in [9.17, 15) is 18.0 Å². The van der Waals surface area contributed by atoms with Crippen LogP contribution in [0.3, 0.4) is 0 Å². The van der Waals surface area contributed by atoms with Crippen LogP contribution in [0.5, 0.6) is 0 Å². The van der Waals surface area contributed by atoms with Gasteiger partial charge in [-0.15, -0.1) is 5.10 Å². The van der Waals surface area contributed by atoms with Gasteiger partial charge in [-0.25, -0.2) is 0 Å². The minimum atomic E-state index is -4.50. The molecule has 9 heteroatoms. The lowest BCUT2D eigenvalue weighted by Gasteiger charge is -2.13. The molecule has 3 aromatic rings. The van der Waals surface area contributed by atoms with E-state index in [0.717, 1.165) is 22.5 Å². The summed E-state index contributed by atoms with van der Waals surface area (Å²) in [5.41, 5.74) is 1.03. The topological polar surface area (TPSA) is 69.0 Å². The summed E-state index contributed by atoms with van der Waals surface area (Å²) < 4.78 is 38.6. The Hall–Kier alpha value is -3.10. The van der Waals surface area contributed by atoms with Crippen molar-refractivity contribution >= 4 is 22.6 Å². The van der Waals surface area contributed by atoms with Crippen LogP contribution in [0.2, 0.25) is 0 Å². The van der Waals surface area contributed by atoms with Crippen LogP contribution in [-0.4, -0.2) is 27.7 Å². The van der Waals surface area contributed by atoms with Crippen molar-refractivity contribution in [2.45, 2.75) is 25.9 Å². The molecule has 0 aliphatic carbocycles. The lowest BCUT2D eigenvalue weighted by molar-refractivity contribution is -0.137. The Labute approximate surface area is 152 Å². The van der Waals surface area contributed by atoms with E-state index < -0.39 is 24.3 Å². The maximum absolute atomic E-state index is 12.9. The van der Waals surface area contributed by atoms with E-state index in [4.69, 9.17) is 4.84 Å². The summed E-state index contributed by atoms with van der Waals surface area (Å²) in [6, 6.07) is 10.3. The Balaban J connectivity index is 1.72. The molecular weight excluding hydrogens is 361 g/mol. The van der Waals surface area contributed by atoms with Gasteiger partial charge in [-0.1, -0.05) is 36.9 Å². The van der Waals surface area contributed by atoms with Crippen molar-refractivity contribution in [3.05, 3.63) is 53.6 Å². The van der Waals surface area contributed by atoms with E-state index >= 15 is 0 Å². The van der Waals surface area contributed by atoms with Gasteiger partial charge in [0, 0.05) is 5.69 Å². The highest BCUT2D eigenvalue weighted by atomic mass is 19.4. The summed E-state index contributed by atoms with van der Waals surface area (Å²) in [5.74, 6) is -0.249. The molecule has 0 saturated heterocycles. The SMILES string of the molecule is CC(C)c1ccccc1NC(=O)COn1nnc2ccc(C(F)(F)F)cc21. The zero-order chi connectivity index (χ0) is 19.6. The molecule has 0 bridgehead atoms. The van der Waals surface area contributed by atoms with Gasteiger partial charge in [0.1, 0.15) is 11.0 Å². The standard InChI is InChI=1S/C18H17F3N4O2/c1-11(2)13-5-3-4-6-14(13)22-17(26)10-27-25-16-9-12(18(19,20)21)7-8-15(16)23-24-25/h3-9,11H,10H2,1-2H3,(H,22,26). The van der Waals surface area contributed by atoms with Crippen molar-refractivity contribution in [1.29, 1.82) is 0 Å². The van der Waals surface area contributed by atoms with Crippen molar-refractivity contribution in [1.82, 2.24) is 15.2 Å². The third-order valence-corrected chi connectivity index (χ3v) is 3.92. The number of hydrogen-bond donors (Lipinski definition) is 1. The smallest absolute Gasteiger partial charge is 0.385 e. The van der Waals surface area contributed by atoms with Crippen LogP contribution < -0.4 is 10.2 Å². The Kier molecular flexibility index (Phi) is 5.02. The molecule has 0 aliphatic heterocycles. The number of halogens is 3. The first-order chi connectivity index (χ1) is 12.8. The number of hydrogen-bond acceptors (Lipinski definition) is 4. The number of amides is 1. The maximum atomic E-state index is 12.9. The fourth-order valence-corrected chi connectivity index (χ4v) is 2.59. The fraction of sp³-hybridized carbons (Fsp3) is 0.278. The number of anilines is 1.